The number of aromatic hydroxyl groups is 1. The maximum Gasteiger partial charge on any atom is 0.167 e. The predicted octanol–water partition coefficient (Wildman–Crippen LogP) is 5.59. The third-order valence-electron chi connectivity index (χ3n) is 4.66. The van der Waals surface area contributed by atoms with Crippen LogP contribution in [0.4, 0.5) is 0 Å². The van der Waals surface area contributed by atoms with Gasteiger partial charge in [0.25, 0.3) is 0 Å². The molecule has 29 heavy (non-hydrogen) atoms. The number of phenolic OH excluding ortho intramolecular Hbond substituents is 1. The number of halogens is 1. The summed E-state index contributed by atoms with van der Waals surface area (Å²) in [6.07, 6.45) is 0.606. The average Bonchev–Trinajstić information content (AvgIpc) is 2.70. The third kappa shape index (κ3) is 5.09. The maximum atomic E-state index is 11.1. The molecule has 150 valence electrons. The van der Waals surface area contributed by atoms with Crippen LogP contribution in [-0.2, 0) is 11.2 Å². The zero-order chi connectivity index (χ0) is 21.0. The van der Waals surface area contributed by atoms with Crippen molar-refractivity contribution in [3.05, 3.63) is 76.3 Å². The number of methoxy groups -OCH3 is 1. The Morgan fingerprint density at radius 1 is 1.07 bits per heavy atom. The number of hydrogen-bond donors (Lipinski definition) is 1. The number of ether oxygens (including phenoxy) is 2. The highest BCUT2D eigenvalue weighted by Gasteiger charge is 2.12. The van der Waals surface area contributed by atoms with E-state index in [0.29, 0.717) is 17.2 Å². The fourth-order valence-electron chi connectivity index (χ4n) is 3.15. The number of phenols is 1. The topological polar surface area (TPSA) is 55.8 Å². The van der Waals surface area contributed by atoms with Gasteiger partial charge in [0, 0.05) is 10.6 Å². The minimum atomic E-state index is -0.0444. The lowest BCUT2D eigenvalue weighted by atomic mass is 9.96. The molecule has 0 aliphatic rings. The number of aryl methyl sites for hydroxylation is 1. The van der Waals surface area contributed by atoms with Crippen LogP contribution in [0.25, 0.3) is 11.1 Å². The summed E-state index contributed by atoms with van der Waals surface area (Å²) in [5, 5.41) is 10.9. The van der Waals surface area contributed by atoms with E-state index in [9.17, 15) is 9.90 Å². The molecule has 4 nitrogen and oxygen atoms in total. The zero-order valence-electron chi connectivity index (χ0n) is 16.7. The summed E-state index contributed by atoms with van der Waals surface area (Å²) in [6, 6.07) is 16.7. The molecule has 0 aromatic heterocycles. The fourth-order valence-corrected chi connectivity index (χ4v) is 3.48. The van der Waals surface area contributed by atoms with E-state index in [2.05, 4.69) is 0 Å². The number of carbonyl (C=O) groups excluding carboxylic acids is 1. The summed E-state index contributed by atoms with van der Waals surface area (Å²) in [6.45, 7) is 3.47. The van der Waals surface area contributed by atoms with Crippen molar-refractivity contribution in [2.45, 2.75) is 20.3 Å². The molecular weight excluding hydrogens is 388 g/mol. The van der Waals surface area contributed by atoms with E-state index in [1.54, 1.807) is 19.2 Å². The molecule has 3 aromatic rings. The first-order valence-corrected chi connectivity index (χ1v) is 9.62. The molecule has 0 aliphatic carbocycles. The molecule has 0 amide bonds. The fraction of sp³-hybridized carbons (Fsp3) is 0.208. The van der Waals surface area contributed by atoms with Crippen molar-refractivity contribution < 1.29 is 19.4 Å². The van der Waals surface area contributed by atoms with Crippen LogP contribution in [0.1, 0.15) is 23.6 Å². The molecule has 3 aromatic carbocycles. The SMILES string of the molecule is COc1cccc(-c2cc(Cc3c(C)cc(OCC(C)=O)cc3Cl)ccc2O)c1. The average molecular weight is 411 g/mol. The van der Waals surface area contributed by atoms with Crippen molar-refractivity contribution in [2.75, 3.05) is 13.7 Å². The van der Waals surface area contributed by atoms with Gasteiger partial charge >= 0.3 is 0 Å². The highest BCUT2D eigenvalue weighted by Crippen LogP contribution is 2.34. The van der Waals surface area contributed by atoms with E-state index < -0.39 is 0 Å². The second kappa shape index (κ2) is 9.01. The molecule has 3 rings (SSSR count). The summed E-state index contributed by atoms with van der Waals surface area (Å²) in [5.41, 5.74) is 4.58. The van der Waals surface area contributed by atoms with Gasteiger partial charge in [0.05, 0.1) is 7.11 Å². The molecule has 0 atom stereocenters. The molecule has 0 bridgehead atoms. The molecule has 5 heteroatoms. The number of ketones is 1. The first-order chi connectivity index (χ1) is 13.9. The van der Waals surface area contributed by atoms with E-state index in [1.807, 2.05) is 49.4 Å². The van der Waals surface area contributed by atoms with Crippen LogP contribution >= 0.6 is 11.6 Å². The zero-order valence-corrected chi connectivity index (χ0v) is 17.4. The Balaban J connectivity index is 1.90. The Kier molecular flexibility index (Phi) is 6.45. The third-order valence-corrected chi connectivity index (χ3v) is 4.99. The van der Waals surface area contributed by atoms with Crippen LogP contribution in [0.5, 0.6) is 17.2 Å². The molecule has 0 aliphatic heterocycles. The molecule has 0 fully saturated rings. The largest absolute Gasteiger partial charge is 0.507 e. The van der Waals surface area contributed by atoms with E-state index in [1.165, 1.54) is 6.92 Å². The van der Waals surface area contributed by atoms with Gasteiger partial charge in [0.1, 0.15) is 23.9 Å². The smallest absolute Gasteiger partial charge is 0.167 e. The van der Waals surface area contributed by atoms with E-state index >= 15 is 0 Å². The van der Waals surface area contributed by atoms with E-state index in [0.717, 1.165) is 33.6 Å². The normalized spacial score (nSPS) is 10.6. The molecule has 0 unspecified atom stereocenters. The summed E-state index contributed by atoms with van der Waals surface area (Å²) in [4.78, 5) is 11.1. The number of carbonyl (C=O) groups is 1. The highest BCUT2D eigenvalue weighted by atomic mass is 35.5. The van der Waals surface area contributed by atoms with Crippen molar-refractivity contribution in [3.8, 4) is 28.4 Å². The minimum absolute atomic E-state index is 0.0248. The summed E-state index contributed by atoms with van der Waals surface area (Å²) < 4.78 is 10.8. The Morgan fingerprint density at radius 2 is 1.86 bits per heavy atom. The Morgan fingerprint density at radius 3 is 2.55 bits per heavy atom. The Hall–Kier alpha value is -2.98. The number of Topliss-reactive ketones (excluding diaryl/α,β-unsaturated/α-hetero) is 1. The van der Waals surface area contributed by atoms with Crippen molar-refractivity contribution in [1.29, 1.82) is 0 Å². The summed E-state index contributed by atoms with van der Waals surface area (Å²) >= 11 is 6.50. The van der Waals surface area contributed by atoms with Crippen LogP contribution in [0.3, 0.4) is 0 Å². The molecule has 0 radical (unpaired) electrons. The number of hydrogen-bond acceptors (Lipinski definition) is 4. The van der Waals surface area contributed by atoms with Gasteiger partial charge in [-0.15, -0.1) is 0 Å². The van der Waals surface area contributed by atoms with Gasteiger partial charge < -0.3 is 14.6 Å². The van der Waals surface area contributed by atoms with Crippen molar-refractivity contribution in [2.24, 2.45) is 0 Å². The Labute approximate surface area is 175 Å². The van der Waals surface area contributed by atoms with Crippen molar-refractivity contribution in [1.82, 2.24) is 0 Å². The molecule has 0 saturated carbocycles. The van der Waals surface area contributed by atoms with Gasteiger partial charge in [-0.05, 0) is 78.9 Å². The second-order valence-corrected chi connectivity index (χ2v) is 7.36. The molecule has 1 N–H and O–H groups in total. The van der Waals surface area contributed by atoms with Crippen molar-refractivity contribution in [3.63, 3.8) is 0 Å². The van der Waals surface area contributed by atoms with Crippen LogP contribution < -0.4 is 9.47 Å². The first-order valence-electron chi connectivity index (χ1n) is 9.25. The van der Waals surface area contributed by atoms with Crippen LogP contribution in [0.15, 0.2) is 54.6 Å². The van der Waals surface area contributed by atoms with Gasteiger partial charge in [-0.2, -0.15) is 0 Å². The first kappa shape index (κ1) is 20.7. The van der Waals surface area contributed by atoms with Gasteiger partial charge in [-0.3, -0.25) is 4.79 Å². The molecule has 0 spiro atoms. The lowest BCUT2D eigenvalue weighted by Crippen LogP contribution is -2.07. The van der Waals surface area contributed by atoms with Gasteiger partial charge in [0.15, 0.2) is 5.78 Å². The standard InChI is InChI=1S/C24H23ClO4/c1-15-9-20(29-14-16(2)26)13-23(25)21(15)10-17-7-8-24(27)22(11-17)18-5-4-6-19(12-18)28-3/h4-9,11-13,27H,10,14H2,1-3H3. The number of benzene rings is 3. The molecule has 0 heterocycles. The number of rotatable bonds is 7. The van der Waals surface area contributed by atoms with Gasteiger partial charge in [0.2, 0.25) is 0 Å². The Bertz CT molecular complexity index is 1020. The molecular formula is C24H23ClO4. The lowest BCUT2D eigenvalue weighted by Gasteiger charge is -2.14. The predicted molar refractivity (Wildman–Crippen MR) is 115 cm³/mol. The quantitative estimate of drug-likeness (QED) is 0.551. The van der Waals surface area contributed by atoms with Crippen LogP contribution in [0, 0.1) is 6.92 Å². The highest BCUT2D eigenvalue weighted by molar-refractivity contribution is 6.31. The van der Waals surface area contributed by atoms with Crippen LogP contribution in [-0.4, -0.2) is 24.6 Å². The van der Waals surface area contributed by atoms with Gasteiger partial charge in [-0.1, -0.05) is 29.8 Å². The van der Waals surface area contributed by atoms with E-state index in [-0.39, 0.29) is 18.1 Å². The lowest BCUT2D eigenvalue weighted by molar-refractivity contribution is -0.118. The monoisotopic (exact) mass is 410 g/mol. The molecule has 0 saturated heterocycles. The van der Waals surface area contributed by atoms with Crippen molar-refractivity contribution >= 4 is 17.4 Å². The van der Waals surface area contributed by atoms with Gasteiger partial charge in [-0.25, -0.2) is 0 Å². The minimum Gasteiger partial charge on any atom is -0.507 e. The van der Waals surface area contributed by atoms with E-state index in [4.69, 9.17) is 21.1 Å². The van der Waals surface area contributed by atoms with Crippen LogP contribution in [0.2, 0.25) is 5.02 Å². The summed E-state index contributed by atoms with van der Waals surface area (Å²) in [5.74, 6) is 1.47. The summed E-state index contributed by atoms with van der Waals surface area (Å²) in [7, 11) is 1.62. The maximum absolute atomic E-state index is 11.1. The second-order valence-electron chi connectivity index (χ2n) is 6.95.